The van der Waals surface area contributed by atoms with Gasteiger partial charge in [0.2, 0.25) is 5.91 Å². The molecule has 2 rings (SSSR count). The number of urea groups is 1. The van der Waals surface area contributed by atoms with E-state index in [2.05, 4.69) is 16.0 Å². The summed E-state index contributed by atoms with van der Waals surface area (Å²) in [5.74, 6) is -0.0779. The first-order valence-corrected chi connectivity index (χ1v) is 7.48. The van der Waals surface area contributed by atoms with Crippen LogP contribution in [0.2, 0.25) is 0 Å². The van der Waals surface area contributed by atoms with Crippen molar-refractivity contribution < 1.29 is 9.59 Å². The van der Waals surface area contributed by atoms with Gasteiger partial charge in [-0.15, -0.1) is 11.3 Å². The zero-order chi connectivity index (χ0) is 13.5. The predicted octanol–water partition coefficient (Wildman–Crippen LogP) is 1.26. The highest BCUT2D eigenvalue weighted by molar-refractivity contribution is 7.09. The van der Waals surface area contributed by atoms with Crippen LogP contribution in [0.4, 0.5) is 4.79 Å². The van der Waals surface area contributed by atoms with Crippen molar-refractivity contribution in [3.63, 3.8) is 0 Å². The Morgan fingerprint density at radius 3 is 3.16 bits per heavy atom. The molecule has 1 aliphatic heterocycles. The summed E-state index contributed by atoms with van der Waals surface area (Å²) >= 11 is 1.68. The molecule has 6 heteroatoms. The van der Waals surface area contributed by atoms with Crippen LogP contribution in [0.25, 0.3) is 0 Å². The second kappa shape index (κ2) is 7.13. The van der Waals surface area contributed by atoms with Gasteiger partial charge in [0.15, 0.2) is 0 Å². The van der Waals surface area contributed by atoms with Gasteiger partial charge in [-0.2, -0.15) is 0 Å². The molecule has 0 bridgehead atoms. The van der Waals surface area contributed by atoms with Gasteiger partial charge in [-0.1, -0.05) is 6.07 Å². The van der Waals surface area contributed by atoms with Crippen LogP contribution in [-0.4, -0.2) is 31.1 Å². The van der Waals surface area contributed by atoms with Crippen molar-refractivity contribution in [3.8, 4) is 0 Å². The van der Waals surface area contributed by atoms with Gasteiger partial charge in [0, 0.05) is 18.0 Å². The third-order valence-corrected chi connectivity index (χ3v) is 4.01. The maximum absolute atomic E-state index is 11.7. The number of carbonyl (C=O) groups is 2. The van der Waals surface area contributed by atoms with E-state index in [4.69, 9.17) is 0 Å². The van der Waals surface area contributed by atoms with Crippen LogP contribution >= 0.6 is 11.3 Å². The summed E-state index contributed by atoms with van der Waals surface area (Å²) in [5, 5.41) is 10.3. The second-order valence-electron chi connectivity index (χ2n) is 4.57. The largest absolute Gasteiger partial charge is 0.354 e. The predicted molar refractivity (Wildman–Crippen MR) is 75.2 cm³/mol. The molecule has 0 unspecified atom stereocenters. The van der Waals surface area contributed by atoms with E-state index >= 15 is 0 Å². The van der Waals surface area contributed by atoms with E-state index < -0.39 is 6.04 Å². The van der Waals surface area contributed by atoms with Crippen molar-refractivity contribution in [3.05, 3.63) is 22.4 Å². The summed E-state index contributed by atoms with van der Waals surface area (Å²) in [5.41, 5.74) is 0. The minimum absolute atomic E-state index is 0.0779. The Bertz CT molecular complexity index is 420. The number of hydrogen-bond donors (Lipinski definition) is 3. The van der Waals surface area contributed by atoms with Gasteiger partial charge in [-0.05, 0) is 37.1 Å². The zero-order valence-electron chi connectivity index (χ0n) is 10.8. The minimum Gasteiger partial charge on any atom is -0.354 e. The number of rotatable bonds is 4. The van der Waals surface area contributed by atoms with Crippen LogP contribution in [0.3, 0.4) is 0 Å². The third kappa shape index (κ3) is 4.55. The highest BCUT2D eigenvalue weighted by atomic mass is 32.1. The number of amides is 3. The molecule has 0 spiro atoms. The van der Waals surface area contributed by atoms with E-state index in [0.717, 1.165) is 19.3 Å². The Labute approximate surface area is 116 Å². The van der Waals surface area contributed by atoms with E-state index in [0.29, 0.717) is 19.5 Å². The Balaban J connectivity index is 1.69. The molecule has 19 heavy (non-hydrogen) atoms. The fraction of sp³-hybridized carbons (Fsp3) is 0.538. The van der Waals surface area contributed by atoms with Crippen LogP contribution in [0.1, 0.15) is 24.1 Å². The smallest absolute Gasteiger partial charge is 0.315 e. The van der Waals surface area contributed by atoms with Gasteiger partial charge in [-0.25, -0.2) is 4.79 Å². The highest BCUT2D eigenvalue weighted by Gasteiger charge is 2.21. The maximum atomic E-state index is 11.7. The van der Waals surface area contributed by atoms with Gasteiger partial charge < -0.3 is 16.0 Å². The van der Waals surface area contributed by atoms with Crippen molar-refractivity contribution in [1.82, 2.24) is 16.0 Å². The molecule has 1 aliphatic rings. The molecule has 1 aromatic heterocycles. The van der Waals surface area contributed by atoms with Crippen LogP contribution in [-0.2, 0) is 11.2 Å². The van der Waals surface area contributed by atoms with Crippen molar-refractivity contribution >= 4 is 23.3 Å². The molecular formula is C13H19N3O2S. The average Bonchev–Trinajstić information content (AvgIpc) is 2.82. The topological polar surface area (TPSA) is 70.2 Å². The molecule has 1 fully saturated rings. The molecule has 1 atom stereocenters. The Morgan fingerprint density at radius 1 is 1.47 bits per heavy atom. The van der Waals surface area contributed by atoms with E-state index in [-0.39, 0.29) is 11.9 Å². The lowest BCUT2D eigenvalue weighted by Gasteiger charge is -2.15. The lowest BCUT2D eigenvalue weighted by Crippen LogP contribution is -2.49. The zero-order valence-corrected chi connectivity index (χ0v) is 11.6. The molecule has 3 amide bonds. The van der Waals surface area contributed by atoms with E-state index in [9.17, 15) is 9.59 Å². The molecule has 0 saturated carbocycles. The summed E-state index contributed by atoms with van der Waals surface area (Å²) in [6.45, 7) is 1.29. The summed E-state index contributed by atoms with van der Waals surface area (Å²) in [6.07, 6.45) is 3.47. The SMILES string of the molecule is O=C(NCCc1cccs1)N[C@@H]1CCCCNC1=O. The van der Waals surface area contributed by atoms with Gasteiger partial charge in [0.05, 0.1) is 0 Å². The minimum atomic E-state index is -0.399. The van der Waals surface area contributed by atoms with Crippen molar-refractivity contribution in [1.29, 1.82) is 0 Å². The van der Waals surface area contributed by atoms with Crippen LogP contribution in [0.5, 0.6) is 0 Å². The highest BCUT2D eigenvalue weighted by Crippen LogP contribution is 2.08. The summed E-state index contributed by atoms with van der Waals surface area (Å²) < 4.78 is 0. The molecule has 0 radical (unpaired) electrons. The Kier molecular flexibility index (Phi) is 5.20. The second-order valence-corrected chi connectivity index (χ2v) is 5.60. The lowest BCUT2D eigenvalue weighted by molar-refractivity contribution is -0.122. The van der Waals surface area contributed by atoms with E-state index in [1.807, 2.05) is 17.5 Å². The molecule has 0 aliphatic carbocycles. The third-order valence-electron chi connectivity index (χ3n) is 3.08. The van der Waals surface area contributed by atoms with Crippen LogP contribution in [0, 0.1) is 0 Å². The molecule has 3 N–H and O–H groups in total. The molecule has 0 aromatic carbocycles. The van der Waals surface area contributed by atoms with Gasteiger partial charge in [-0.3, -0.25) is 4.79 Å². The van der Waals surface area contributed by atoms with Gasteiger partial charge >= 0.3 is 6.03 Å². The molecule has 2 heterocycles. The van der Waals surface area contributed by atoms with Crippen molar-refractivity contribution in [2.45, 2.75) is 31.7 Å². The van der Waals surface area contributed by atoms with E-state index in [1.54, 1.807) is 11.3 Å². The van der Waals surface area contributed by atoms with E-state index in [1.165, 1.54) is 4.88 Å². The molecular weight excluding hydrogens is 262 g/mol. The molecule has 104 valence electrons. The Hall–Kier alpha value is -1.56. The van der Waals surface area contributed by atoms with Crippen molar-refractivity contribution in [2.75, 3.05) is 13.1 Å². The Morgan fingerprint density at radius 2 is 2.37 bits per heavy atom. The fourth-order valence-electron chi connectivity index (χ4n) is 2.04. The number of nitrogens with one attached hydrogen (secondary N) is 3. The normalized spacial score (nSPS) is 19.4. The first-order valence-electron chi connectivity index (χ1n) is 6.60. The van der Waals surface area contributed by atoms with Crippen LogP contribution in [0.15, 0.2) is 17.5 Å². The van der Waals surface area contributed by atoms with Crippen LogP contribution < -0.4 is 16.0 Å². The monoisotopic (exact) mass is 281 g/mol. The molecule has 1 aromatic rings. The van der Waals surface area contributed by atoms with Gasteiger partial charge in [0.25, 0.3) is 0 Å². The number of carbonyl (C=O) groups excluding carboxylic acids is 2. The van der Waals surface area contributed by atoms with Gasteiger partial charge in [0.1, 0.15) is 6.04 Å². The number of thiophene rings is 1. The summed E-state index contributed by atoms with van der Waals surface area (Å²) in [6, 6.07) is 3.38. The number of hydrogen-bond acceptors (Lipinski definition) is 3. The fourth-order valence-corrected chi connectivity index (χ4v) is 2.75. The average molecular weight is 281 g/mol. The first kappa shape index (κ1) is 13.9. The molecule has 5 nitrogen and oxygen atoms in total. The molecule has 1 saturated heterocycles. The summed E-state index contributed by atoms with van der Waals surface area (Å²) in [4.78, 5) is 24.6. The quantitative estimate of drug-likeness (QED) is 0.777. The van der Waals surface area contributed by atoms with Crippen molar-refractivity contribution in [2.24, 2.45) is 0 Å². The maximum Gasteiger partial charge on any atom is 0.315 e. The standard InChI is InChI=1S/C13H19N3O2S/c17-12-11(5-1-2-7-14-12)16-13(18)15-8-6-10-4-3-9-19-10/h3-4,9,11H,1-2,5-8H2,(H,14,17)(H2,15,16,18)/t11-/m1/s1. The first-order chi connectivity index (χ1) is 9.25. The summed E-state index contributed by atoms with van der Waals surface area (Å²) in [7, 11) is 0. The lowest BCUT2D eigenvalue weighted by atomic mass is 10.1.